The van der Waals surface area contributed by atoms with E-state index in [4.69, 9.17) is 23.2 Å². The first-order chi connectivity index (χ1) is 12.9. The summed E-state index contributed by atoms with van der Waals surface area (Å²) in [4.78, 5) is 30.4. The van der Waals surface area contributed by atoms with Gasteiger partial charge in [0.05, 0.1) is 11.1 Å². The zero-order chi connectivity index (χ0) is 19.4. The molecule has 0 aliphatic rings. The quantitative estimate of drug-likeness (QED) is 0.363. The van der Waals surface area contributed by atoms with Crippen LogP contribution in [0.1, 0.15) is 10.4 Å². The van der Waals surface area contributed by atoms with Crippen LogP contribution in [-0.2, 0) is 0 Å². The van der Waals surface area contributed by atoms with Gasteiger partial charge in [-0.2, -0.15) is 4.98 Å². The Morgan fingerprint density at radius 1 is 1.07 bits per heavy atom. The van der Waals surface area contributed by atoms with Crippen molar-refractivity contribution < 1.29 is 9.72 Å². The van der Waals surface area contributed by atoms with Gasteiger partial charge in [-0.3, -0.25) is 14.9 Å². The van der Waals surface area contributed by atoms with Crippen LogP contribution in [0.25, 0.3) is 0 Å². The minimum atomic E-state index is -0.558. The van der Waals surface area contributed by atoms with Crippen LogP contribution in [0.5, 0.6) is 0 Å². The monoisotopic (exact) mass is 403 g/mol. The van der Waals surface area contributed by atoms with Gasteiger partial charge in [0.1, 0.15) is 5.02 Å². The second kappa shape index (κ2) is 7.98. The zero-order valence-corrected chi connectivity index (χ0v) is 15.0. The summed E-state index contributed by atoms with van der Waals surface area (Å²) >= 11 is 11.8. The predicted octanol–water partition coefficient (Wildman–Crippen LogP) is 4.69. The van der Waals surface area contributed by atoms with Crippen molar-refractivity contribution in [2.75, 3.05) is 10.6 Å². The van der Waals surface area contributed by atoms with E-state index in [2.05, 4.69) is 20.6 Å². The van der Waals surface area contributed by atoms with E-state index >= 15 is 0 Å². The Labute approximate surface area is 163 Å². The number of carbonyl (C=O) groups excluding carboxylic acids is 1. The fourth-order valence-electron chi connectivity index (χ4n) is 2.21. The molecule has 0 unspecified atom stereocenters. The molecule has 0 saturated heterocycles. The van der Waals surface area contributed by atoms with Gasteiger partial charge in [-0.05, 0) is 35.9 Å². The number of nitro groups is 1. The first-order valence-electron chi connectivity index (χ1n) is 7.53. The molecule has 2 aromatic carbocycles. The summed E-state index contributed by atoms with van der Waals surface area (Å²) < 4.78 is 0. The fraction of sp³-hybridized carbons (Fsp3) is 0. The van der Waals surface area contributed by atoms with Crippen molar-refractivity contribution in [2.45, 2.75) is 0 Å². The summed E-state index contributed by atoms with van der Waals surface area (Å²) in [6, 6.07) is 12.3. The van der Waals surface area contributed by atoms with Crippen molar-refractivity contribution in [3.8, 4) is 0 Å². The molecule has 1 aromatic heterocycles. The lowest BCUT2D eigenvalue weighted by atomic mass is 10.2. The third-order valence-electron chi connectivity index (χ3n) is 3.42. The molecule has 10 heteroatoms. The molecule has 136 valence electrons. The number of nitrogens with zero attached hydrogens (tertiary/aromatic N) is 3. The van der Waals surface area contributed by atoms with Gasteiger partial charge in [0.25, 0.3) is 11.6 Å². The third kappa shape index (κ3) is 4.69. The summed E-state index contributed by atoms with van der Waals surface area (Å²) in [7, 11) is 0. The van der Waals surface area contributed by atoms with Crippen molar-refractivity contribution in [3.05, 3.63) is 80.7 Å². The average Bonchev–Trinajstić information content (AvgIpc) is 2.65. The first-order valence-corrected chi connectivity index (χ1v) is 8.29. The van der Waals surface area contributed by atoms with Gasteiger partial charge in [-0.1, -0.05) is 23.7 Å². The number of halogens is 2. The summed E-state index contributed by atoms with van der Waals surface area (Å²) in [6.07, 6.45) is 1.37. The minimum absolute atomic E-state index is 0.0389. The molecule has 3 rings (SSSR count). The normalized spacial score (nSPS) is 10.3. The summed E-state index contributed by atoms with van der Waals surface area (Å²) in [5.41, 5.74) is 1.10. The van der Waals surface area contributed by atoms with Gasteiger partial charge in [-0.15, -0.1) is 0 Å². The Hall–Kier alpha value is -3.23. The molecule has 0 spiro atoms. The van der Waals surface area contributed by atoms with Crippen molar-refractivity contribution in [1.29, 1.82) is 0 Å². The lowest BCUT2D eigenvalue weighted by Gasteiger charge is -2.10. The molecule has 0 aliphatic carbocycles. The van der Waals surface area contributed by atoms with Crippen molar-refractivity contribution >= 4 is 52.0 Å². The topological polar surface area (TPSA) is 110 Å². The highest BCUT2D eigenvalue weighted by Gasteiger charge is 2.12. The van der Waals surface area contributed by atoms with Gasteiger partial charge < -0.3 is 10.6 Å². The van der Waals surface area contributed by atoms with Crippen molar-refractivity contribution in [2.24, 2.45) is 0 Å². The lowest BCUT2D eigenvalue weighted by molar-refractivity contribution is -0.384. The average molecular weight is 404 g/mol. The summed E-state index contributed by atoms with van der Waals surface area (Å²) in [6.45, 7) is 0. The van der Waals surface area contributed by atoms with Crippen LogP contribution in [-0.4, -0.2) is 20.8 Å². The lowest BCUT2D eigenvalue weighted by Crippen LogP contribution is -2.12. The van der Waals surface area contributed by atoms with E-state index in [9.17, 15) is 14.9 Å². The first kappa shape index (κ1) is 18.6. The van der Waals surface area contributed by atoms with Gasteiger partial charge in [0, 0.05) is 29.1 Å². The SMILES string of the molecule is O=C(Nc1cccc(Nc2nc(Cl)ncc2Cl)c1)c1cccc([N+](=O)[O-])c1. The van der Waals surface area contributed by atoms with Crippen LogP contribution in [0.3, 0.4) is 0 Å². The minimum Gasteiger partial charge on any atom is -0.339 e. The molecule has 1 heterocycles. The number of nitrogens with one attached hydrogen (secondary N) is 2. The molecule has 0 fully saturated rings. The number of aromatic nitrogens is 2. The maximum absolute atomic E-state index is 12.3. The van der Waals surface area contributed by atoms with E-state index in [-0.39, 0.29) is 21.6 Å². The number of benzene rings is 2. The number of hydrogen-bond donors (Lipinski definition) is 2. The number of rotatable bonds is 5. The van der Waals surface area contributed by atoms with Crippen LogP contribution >= 0.6 is 23.2 Å². The van der Waals surface area contributed by atoms with E-state index in [0.717, 1.165) is 0 Å². The van der Waals surface area contributed by atoms with E-state index in [1.54, 1.807) is 24.3 Å². The molecular formula is C17H11Cl2N5O3. The molecule has 0 bridgehead atoms. The number of carbonyl (C=O) groups is 1. The second-order valence-corrected chi connectivity index (χ2v) is 6.05. The third-order valence-corrected chi connectivity index (χ3v) is 3.88. The zero-order valence-electron chi connectivity index (χ0n) is 13.5. The molecule has 8 nitrogen and oxygen atoms in total. The maximum atomic E-state index is 12.3. The standard InChI is InChI=1S/C17H11Cl2N5O3/c18-14-9-20-17(19)23-15(14)21-11-4-2-5-12(8-11)22-16(25)10-3-1-6-13(7-10)24(26)27/h1-9H,(H,22,25)(H,20,21,23). The van der Waals surface area contributed by atoms with Gasteiger partial charge in [0.2, 0.25) is 5.28 Å². The van der Waals surface area contributed by atoms with Crippen molar-refractivity contribution in [1.82, 2.24) is 9.97 Å². The summed E-state index contributed by atoms with van der Waals surface area (Å²) in [5.74, 6) is -0.155. The highest BCUT2D eigenvalue weighted by molar-refractivity contribution is 6.33. The molecule has 0 radical (unpaired) electrons. The Bertz CT molecular complexity index is 1030. The second-order valence-electron chi connectivity index (χ2n) is 5.30. The molecule has 0 saturated carbocycles. The van der Waals surface area contributed by atoms with Crippen LogP contribution < -0.4 is 10.6 Å². The molecule has 0 atom stereocenters. The molecule has 0 aliphatic heterocycles. The smallest absolute Gasteiger partial charge is 0.270 e. The molecule has 1 amide bonds. The van der Waals surface area contributed by atoms with E-state index < -0.39 is 10.8 Å². The highest BCUT2D eigenvalue weighted by atomic mass is 35.5. The Morgan fingerprint density at radius 2 is 1.81 bits per heavy atom. The van der Waals surface area contributed by atoms with Gasteiger partial charge >= 0.3 is 0 Å². The summed E-state index contributed by atoms with van der Waals surface area (Å²) in [5, 5.41) is 16.8. The number of amides is 1. The Kier molecular flexibility index (Phi) is 5.49. The molecule has 27 heavy (non-hydrogen) atoms. The van der Waals surface area contributed by atoms with Crippen LogP contribution in [0.2, 0.25) is 10.3 Å². The molecular weight excluding hydrogens is 393 g/mol. The van der Waals surface area contributed by atoms with E-state index in [0.29, 0.717) is 17.2 Å². The Morgan fingerprint density at radius 3 is 2.59 bits per heavy atom. The number of non-ortho nitro benzene ring substituents is 1. The highest BCUT2D eigenvalue weighted by Crippen LogP contribution is 2.25. The predicted molar refractivity (Wildman–Crippen MR) is 103 cm³/mol. The number of nitro benzene ring substituents is 1. The maximum Gasteiger partial charge on any atom is 0.270 e. The van der Waals surface area contributed by atoms with E-state index in [1.807, 2.05) is 0 Å². The van der Waals surface area contributed by atoms with Gasteiger partial charge in [-0.25, -0.2) is 4.98 Å². The largest absolute Gasteiger partial charge is 0.339 e. The molecule has 3 aromatic rings. The van der Waals surface area contributed by atoms with Crippen LogP contribution in [0.4, 0.5) is 22.9 Å². The Balaban J connectivity index is 1.77. The number of hydrogen-bond acceptors (Lipinski definition) is 6. The van der Waals surface area contributed by atoms with E-state index in [1.165, 1.54) is 30.5 Å². The van der Waals surface area contributed by atoms with Crippen LogP contribution in [0, 0.1) is 10.1 Å². The number of anilines is 3. The molecule has 2 N–H and O–H groups in total. The van der Waals surface area contributed by atoms with Gasteiger partial charge in [0.15, 0.2) is 5.82 Å². The van der Waals surface area contributed by atoms with Crippen molar-refractivity contribution in [3.63, 3.8) is 0 Å². The van der Waals surface area contributed by atoms with Crippen LogP contribution in [0.15, 0.2) is 54.7 Å². The fourth-order valence-corrected chi connectivity index (χ4v) is 2.48.